The van der Waals surface area contributed by atoms with Gasteiger partial charge in [0.15, 0.2) is 0 Å². The molecule has 0 bridgehead atoms. The molecule has 0 aliphatic heterocycles. The number of phenols is 1. The van der Waals surface area contributed by atoms with Gasteiger partial charge in [0, 0.05) is 12.1 Å². The molecule has 0 saturated carbocycles. The summed E-state index contributed by atoms with van der Waals surface area (Å²) in [4.78, 5) is 0. The molecular weight excluding hydrogens is 159 g/mol. The maximum Gasteiger partial charge on any atom is 0.135 e. The van der Waals surface area contributed by atoms with E-state index in [0.29, 0.717) is 5.02 Å². The highest BCUT2D eigenvalue weighted by Crippen LogP contribution is 2.25. The van der Waals surface area contributed by atoms with Crippen molar-refractivity contribution in [2.45, 2.75) is 0 Å². The second-order valence-corrected chi connectivity index (χ2v) is 2.33. The first-order valence-electron chi connectivity index (χ1n) is 2.26. The number of benzene rings is 1. The monoisotopic (exact) mass is 161 g/mol. The Morgan fingerprint density at radius 1 is 1.44 bits per heavy atom. The summed E-state index contributed by atoms with van der Waals surface area (Å²) in [5, 5.41) is 9.49. The van der Waals surface area contributed by atoms with Crippen LogP contribution in [0.15, 0.2) is 12.1 Å². The second kappa shape index (κ2) is 2.46. The molecule has 0 aromatic heterocycles. The molecule has 0 amide bonds. The summed E-state index contributed by atoms with van der Waals surface area (Å²) in [6.45, 7) is 0. The van der Waals surface area contributed by atoms with Crippen molar-refractivity contribution in [2.75, 3.05) is 0 Å². The van der Waals surface area contributed by atoms with Gasteiger partial charge in [-0.1, -0.05) is 23.2 Å². The van der Waals surface area contributed by atoms with Crippen molar-refractivity contribution in [1.29, 1.82) is 0 Å². The average Bonchev–Trinajstić information content (AvgIpc) is 1.80. The van der Waals surface area contributed by atoms with E-state index in [1.54, 1.807) is 0 Å². The Balaban J connectivity index is 3.17. The molecule has 0 spiro atoms. The van der Waals surface area contributed by atoms with E-state index in [1.807, 2.05) is 0 Å². The van der Waals surface area contributed by atoms with Gasteiger partial charge in [0.05, 0.1) is 10.0 Å². The van der Waals surface area contributed by atoms with Crippen LogP contribution in [-0.2, 0) is 0 Å². The topological polar surface area (TPSA) is 20.2 Å². The zero-order chi connectivity index (χ0) is 6.85. The first-order valence-corrected chi connectivity index (χ1v) is 3.01. The predicted molar refractivity (Wildman–Crippen MR) is 37.0 cm³/mol. The highest BCUT2D eigenvalue weighted by Gasteiger charge is 1.96. The lowest BCUT2D eigenvalue weighted by molar-refractivity contribution is 0.475. The molecule has 1 nitrogen and oxygen atoms in total. The van der Waals surface area contributed by atoms with E-state index in [2.05, 4.69) is 6.07 Å². The predicted octanol–water partition coefficient (Wildman–Crippen LogP) is 2.50. The van der Waals surface area contributed by atoms with Crippen molar-refractivity contribution in [1.82, 2.24) is 0 Å². The third-order valence-corrected chi connectivity index (χ3v) is 1.37. The van der Waals surface area contributed by atoms with Crippen molar-refractivity contribution < 1.29 is 5.11 Å². The van der Waals surface area contributed by atoms with Gasteiger partial charge in [-0.25, -0.2) is 0 Å². The molecule has 1 N–H and O–H groups in total. The Bertz CT molecular complexity index is 222. The molecule has 47 valence electrons. The Hall–Kier alpha value is -0.400. The zero-order valence-electron chi connectivity index (χ0n) is 4.36. The third-order valence-electron chi connectivity index (χ3n) is 0.845. The number of phenolic OH excluding ortho intramolecular Hbond substituents is 1. The van der Waals surface area contributed by atoms with Crippen LogP contribution in [0.1, 0.15) is 0 Å². The number of halogens is 2. The Morgan fingerprint density at radius 3 is 2.56 bits per heavy atom. The van der Waals surface area contributed by atoms with Crippen LogP contribution in [0.3, 0.4) is 0 Å². The van der Waals surface area contributed by atoms with Gasteiger partial charge in [-0.3, -0.25) is 0 Å². The lowest BCUT2D eigenvalue weighted by Crippen LogP contribution is -1.67. The van der Waals surface area contributed by atoms with Crippen molar-refractivity contribution in [3.8, 4) is 5.75 Å². The van der Waals surface area contributed by atoms with E-state index in [9.17, 15) is 0 Å². The van der Waals surface area contributed by atoms with Gasteiger partial charge in [-0.15, -0.1) is 0 Å². The molecule has 3 heteroatoms. The van der Waals surface area contributed by atoms with E-state index in [-0.39, 0.29) is 10.8 Å². The first kappa shape index (κ1) is 6.72. The lowest BCUT2D eigenvalue weighted by Gasteiger charge is -1.93. The van der Waals surface area contributed by atoms with Gasteiger partial charge in [0.2, 0.25) is 0 Å². The minimum absolute atomic E-state index is 0.0135. The minimum Gasteiger partial charge on any atom is -0.506 e. The van der Waals surface area contributed by atoms with Gasteiger partial charge >= 0.3 is 0 Å². The van der Waals surface area contributed by atoms with Crippen LogP contribution in [0.2, 0.25) is 10.0 Å². The van der Waals surface area contributed by atoms with Gasteiger partial charge < -0.3 is 5.11 Å². The number of hydrogen-bond donors (Lipinski definition) is 1. The largest absolute Gasteiger partial charge is 0.506 e. The molecule has 1 aromatic rings. The summed E-state index contributed by atoms with van der Waals surface area (Å²) in [5.74, 6) is -0.0135. The lowest BCUT2D eigenvalue weighted by atomic mass is 10.3. The van der Waals surface area contributed by atoms with E-state index in [1.165, 1.54) is 12.1 Å². The van der Waals surface area contributed by atoms with E-state index >= 15 is 0 Å². The Labute approximate surface area is 62.8 Å². The van der Waals surface area contributed by atoms with Crippen molar-refractivity contribution >= 4 is 23.2 Å². The number of rotatable bonds is 0. The van der Waals surface area contributed by atoms with Gasteiger partial charge in [0.1, 0.15) is 5.75 Å². The molecule has 0 aliphatic rings. The van der Waals surface area contributed by atoms with Gasteiger partial charge in [-0.2, -0.15) is 0 Å². The van der Waals surface area contributed by atoms with Crippen LogP contribution in [-0.4, -0.2) is 5.11 Å². The normalized spacial score (nSPS) is 9.56. The van der Waals surface area contributed by atoms with Crippen LogP contribution >= 0.6 is 23.2 Å². The molecule has 1 aromatic carbocycles. The minimum atomic E-state index is -0.0135. The highest BCUT2D eigenvalue weighted by molar-refractivity contribution is 6.34. The summed E-state index contributed by atoms with van der Waals surface area (Å²) in [6.07, 6.45) is 0. The van der Waals surface area contributed by atoms with Gasteiger partial charge in [-0.05, 0) is 6.07 Å². The smallest absolute Gasteiger partial charge is 0.135 e. The molecule has 9 heavy (non-hydrogen) atoms. The number of aromatic hydroxyl groups is 1. The average molecular weight is 162 g/mol. The third kappa shape index (κ3) is 1.50. The number of hydrogen-bond acceptors (Lipinski definition) is 1. The zero-order valence-corrected chi connectivity index (χ0v) is 5.87. The molecule has 0 saturated heterocycles. The SMILES string of the molecule is Oc1cc(Cl)[c]cc1Cl. The fraction of sp³-hybridized carbons (Fsp3) is 0. The van der Waals surface area contributed by atoms with Crippen LogP contribution in [0.4, 0.5) is 0 Å². The van der Waals surface area contributed by atoms with Crippen molar-refractivity contribution in [2.24, 2.45) is 0 Å². The van der Waals surface area contributed by atoms with E-state index in [4.69, 9.17) is 28.3 Å². The maximum absolute atomic E-state index is 8.86. The molecule has 0 fully saturated rings. The highest BCUT2D eigenvalue weighted by atomic mass is 35.5. The van der Waals surface area contributed by atoms with Crippen LogP contribution in [0, 0.1) is 6.07 Å². The van der Waals surface area contributed by atoms with Crippen LogP contribution in [0.5, 0.6) is 5.75 Å². The molecule has 0 atom stereocenters. The molecule has 0 aliphatic carbocycles. The quantitative estimate of drug-likeness (QED) is 0.621. The van der Waals surface area contributed by atoms with Crippen LogP contribution in [0.25, 0.3) is 0 Å². The molecule has 1 rings (SSSR count). The van der Waals surface area contributed by atoms with Crippen molar-refractivity contribution in [3.63, 3.8) is 0 Å². The Morgan fingerprint density at radius 2 is 2.11 bits per heavy atom. The maximum atomic E-state index is 8.86. The van der Waals surface area contributed by atoms with Crippen molar-refractivity contribution in [3.05, 3.63) is 28.2 Å². The summed E-state index contributed by atoms with van der Waals surface area (Å²) < 4.78 is 0. The molecular formula is C6H3Cl2O. The molecule has 0 heterocycles. The van der Waals surface area contributed by atoms with E-state index in [0.717, 1.165) is 0 Å². The summed E-state index contributed by atoms with van der Waals surface area (Å²) in [7, 11) is 0. The van der Waals surface area contributed by atoms with Crippen LogP contribution < -0.4 is 0 Å². The summed E-state index contributed by atoms with van der Waals surface area (Å²) in [5.41, 5.74) is 0. The second-order valence-electron chi connectivity index (χ2n) is 1.51. The Kier molecular flexibility index (Phi) is 1.84. The standard InChI is InChI=1S/C6H3Cl2O/c7-4-1-2-5(8)6(9)3-4/h2-3,9H. The summed E-state index contributed by atoms with van der Waals surface area (Å²) >= 11 is 10.9. The summed E-state index contributed by atoms with van der Waals surface area (Å²) in [6, 6.07) is 5.37. The fourth-order valence-corrected chi connectivity index (χ4v) is 0.704. The fourth-order valence-electron chi connectivity index (χ4n) is 0.437. The molecule has 0 unspecified atom stereocenters. The first-order chi connectivity index (χ1) is 4.20. The van der Waals surface area contributed by atoms with E-state index < -0.39 is 0 Å². The van der Waals surface area contributed by atoms with Gasteiger partial charge in [0.25, 0.3) is 0 Å². The molecule has 1 radical (unpaired) electrons.